The highest BCUT2D eigenvalue weighted by molar-refractivity contribution is 7.52. The molecule has 4 nitrogen and oxygen atoms in total. The molecule has 0 spiro atoms. The molecular weight excluding hydrogens is 153 g/mol. The second-order valence-electron chi connectivity index (χ2n) is 2.47. The maximum atomic E-state index is 10.5. The first-order valence-electron chi connectivity index (χ1n) is 3.20. The Hall–Kier alpha value is 0.110. The topological polar surface area (TPSA) is 83.6 Å². The van der Waals surface area contributed by atoms with E-state index in [0.29, 0.717) is 6.42 Å². The van der Waals surface area contributed by atoms with Gasteiger partial charge in [-0.05, 0) is 5.92 Å². The monoisotopic (exact) mass is 167 g/mol. The van der Waals surface area contributed by atoms with Crippen molar-refractivity contribution in [1.29, 1.82) is 0 Å². The molecule has 0 heterocycles. The lowest BCUT2D eigenvalue weighted by Gasteiger charge is -2.18. The molecule has 0 fully saturated rings. The summed E-state index contributed by atoms with van der Waals surface area (Å²) < 4.78 is 10.5. The first kappa shape index (κ1) is 10.1. The molecule has 62 valence electrons. The van der Waals surface area contributed by atoms with Crippen LogP contribution in [0.3, 0.4) is 0 Å². The van der Waals surface area contributed by atoms with Crippen molar-refractivity contribution in [3.05, 3.63) is 0 Å². The lowest BCUT2D eigenvalue weighted by atomic mass is 10.1. The molecule has 0 aromatic carbocycles. The first-order valence-corrected chi connectivity index (χ1v) is 4.88. The lowest BCUT2D eigenvalue weighted by Crippen LogP contribution is -2.27. The molecule has 0 aliphatic carbocycles. The molecule has 0 aromatic rings. The van der Waals surface area contributed by atoms with Crippen molar-refractivity contribution in [2.24, 2.45) is 11.7 Å². The van der Waals surface area contributed by atoms with Gasteiger partial charge in [0.1, 0.15) is 5.78 Å². The first-order chi connectivity index (χ1) is 4.39. The van der Waals surface area contributed by atoms with Crippen molar-refractivity contribution < 1.29 is 14.4 Å². The smallest absolute Gasteiger partial charge is 0.323 e. The fourth-order valence-corrected chi connectivity index (χ4v) is 1.45. The summed E-state index contributed by atoms with van der Waals surface area (Å²) in [5, 5.41) is 0. The lowest BCUT2D eigenvalue weighted by molar-refractivity contribution is 0.336. The van der Waals surface area contributed by atoms with E-state index in [2.05, 4.69) is 0 Å². The Balaban J connectivity index is 4.08. The molecule has 2 atom stereocenters. The summed E-state index contributed by atoms with van der Waals surface area (Å²) in [6, 6.07) is 0. The van der Waals surface area contributed by atoms with Gasteiger partial charge in [0.25, 0.3) is 0 Å². The van der Waals surface area contributed by atoms with Gasteiger partial charge in [0.2, 0.25) is 0 Å². The van der Waals surface area contributed by atoms with Crippen LogP contribution in [-0.4, -0.2) is 15.6 Å². The van der Waals surface area contributed by atoms with Crippen LogP contribution in [0.25, 0.3) is 0 Å². The van der Waals surface area contributed by atoms with Gasteiger partial charge in [0, 0.05) is 0 Å². The third kappa shape index (κ3) is 2.80. The summed E-state index contributed by atoms with van der Waals surface area (Å²) in [6.07, 6.45) is 0.687. The van der Waals surface area contributed by atoms with Gasteiger partial charge in [-0.25, -0.2) is 0 Å². The van der Waals surface area contributed by atoms with Gasteiger partial charge in [-0.1, -0.05) is 20.3 Å². The SMILES string of the molecule is CC[C@@H](C)[C@@H](N)P(=O)(O)O. The highest BCUT2D eigenvalue weighted by Crippen LogP contribution is 2.42. The van der Waals surface area contributed by atoms with Crippen LogP contribution < -0.4 is 5.73 Å². The normalized spacial score (nSPS) is 18.5. The Morgan fingerprint density at radius 3 is 2.10 bits per heavy atom. The van der Waals surface area contributed by atoms with E-state index in [-0.39, 0.29) is 5.92 Å². The summed E-state index contributed by atoms with van der Waals surface area (Å²) in [5.74, 6) is -1.13. The summed E-state index contributed by atoms with van der Waals surface area (Å²) >= 11 is 0. The Kier molecular flexibility index (Phi) is 3.52. The molecular formula is C5H14NO3P. The van der Waals surface area contributed by atoms with Gasteiger partial charge in [0.15, 0.2) is 0 Å². The van der Waals surface area contributed by atoms with Gasteiger partial charge in [0.05, 0.1) is 0 Å². The number of nitrogens with two attached hydrogens (primary N) is 1. The summed E-state index contributed by atoms with van der Waals surface area (Å²) in [4.78, 5) is 17.1. The fraction of sp³-hybridized carbons (Fsp3) is 1.00. The molecule has 0 amide bonds. The quantitative estimate of drug-likeness (QED) is 0.534. The van der Waals surface area contributed by atoms with Crippen LogP contribution in [0.4, 0.5) is 0 Å². The standard InChI is InChI=1S/C5H14NO3P/c1-3-4(2)5(6)10(7,8)9/h4-5H,3,6H2,1-2H3,(H2,7,8,9)/t4-,5+/m1/s1. The maximum absolute atomic E-state index is 10.5. The number of hydrogen-bond acceptors (Lipinski definition) is 2. The predicted molar refractivity (Wildman–Crippen MR) is 39.5 cm³/mol. The minimum absolute atomic E-state index is 0.124. The van der Waals surface area contributed by atoms with Crippen molar-refractivity contribution >= 4 is 7.60 Å². The van der Waals surface area contributed by atoms with E-state index in [1.165, 1.54) is 0 Å². The van der Waals surface area contributed by atoms with Crippen LogP contribution in [0.2, 0.25) is 0 Å². The van der Waals surface area contributed by atoms with Crippen LogP contribution in [-0.2, 0) is 4.57 Å². The van der Waals surface area contributed by atoms with Crippen LogP contribution in [0.5, 0.6) is 0 Å². The van der Waals surface area contributed by atoms with Crippen molar-refractivity contribution in [2.45, 2.75) is 26.1 Å². The molecule has 0 radical (unpaired) electrons. The molecule has 5 heteroatoms. The zero-order valence-corrected chi connectivity index (χ0v) is 7.08. The molecule has 0 aromatic heterocycles. The Morgan fingerprint density at radius 2 is 2.00 bits per heavy atom. The van der Waals surface area contributed by atoms with E-state index in [9.17, 15) is 4.57 Å². The van der Waals surface area contributed by atoms with Crippen LogP contribution in [0, 0.1) is 5.92 Å². The molecule has 0 aliphatic heterocycles. The van der Waals surface area contributed by atoms with E-state index in [0.717, 1.165) is 0 Å². The van der Waals surface area contributed by atoms with Crippen LogP contribution in [0.15, 0.2) is 0 Å². The van der Waals surface area contributed by atoms with E-state index >= 15 is 0 Å². The van der Waals surface area contributed by atoms with E-state index in [1.54, 1.807) is 6.92 Å². The van der Waals surface area contributed by atoms with E-state index < -0.39 is 13.4 Å². The molecule has 4 N–H and O–H groups in total. The van der Waals surface area contributed by atoms with E-state index in [1.807, 2.05) is 6.92 Å². The van der Waals surface area contributed by atoms with Crippen molar-refractivity contribution in [3.63, 3.8) is 0 Å². The second kappa shape index (κ2) is 3.49. The Bertz CT molecular complexity index is 144. The molecule has 0 unspecified atom stereocenters. The van der Waals surface area contributed by atoms with Gasteiger partial charge < -0.3 is 15.5 Å². The van der Waals surface area contributed by atoms with Crippen molar-refractivity contribution in [1.82, 2.24) is 0 Å². The number of rotatable bonds is 3. The maximum Gasteiger partial charge on any atom is 0.342 e. The van der Waals surface area contributed by atoms with Crippen LogP contribution >= 0.6 is 7.60 Å². The Labute approximate surface area is 60.6 Å². The second-order valence-corrected chi connectivity index (χ2v) is 4.24. The molecule has 0 saturated heterocycles. The zero-order chi connectivity index (χ0) is 8.36. The molecule has 0 saturated carbocycles. The van der Waals surface area contributed by atoms with Gasteiger partial charge in [-0.15, -0.1) is 0 Å². The van der Waals surface area contributed by atoms with Gasteiger partial charge in [-0.3, -0.25) is 4.57 Å². The third-order valence-corrected chi connectivity index (χ3v) is 2.90. The molecule has 10 heavy (non-hydrogen) atoms. The largest absolute Gasteiger partial charge is 0.342 e. The predicted octanol–water partition coefficient (Wildman–Crippen LogP) is 0.495. The van der Waals surface area contributed by atoms with Crippen molar-refractivity contribution in [3.8, 4) is 0 Å². The van der Waals surface area contributed by atoms with Crippen LogP contribution in [0.1, 0.15) is 20.3 Å². The number of hydrogen-bond donors (Lipinski definition) is 3. The third-order valence-electron chi connectivity index (χ3n) is 1.62. The highest BCUT2D eigenvalue weighted by Gasteiger charge is 2.28. The average molecular weight is 167 g/mol. The molecule has 0 bridgehead atoms. The highest BCUT2D eigenvalue weighted by atomic mass is 31.2. The summed E-state index contributed by atoms with van der Waals surface area (Å²) in [6.45, 7) is 3.57. The molecule has 0 aliphatic rings. The fourth-order valence-electron chi connectivity index (χ4n) is 0.573. The van der Waals surface area contributed by atoms with Gasteiger partial charge >= 0.3 is 7.60 Å². The molecule has 0 rings (SSSR count). The zero-order valence-electron chi connectivity index (χ0n) is 6.19. The minimum atomic E-state index is -4.05. The minimum Gasteiger partial charge on any atom is -0.323 e. The Morgan fingerprint density at radius 1 is 1.60 bits per heavy atom. The summed E-state index contributed by atoms with van der Waals surface area (Å²) in [7, 11) is -4.05. The van der Waals surface area contributed by atoms with Gasteiger partial charge in [-0.2, -0.15) is 0 Å². The average Bonchev–Trinajstić information content (AvgIpc) is 1.83. The van der Waals surface area contributed by atoms with E-state index in [4.69, 9.17) is 15.5 Å². The summed E-state index contributed by atoms with van der Waals surface area (Å²) in [5.41, 5.74) is 5.24. The van der Waals surface area contributed by atoms with Crippen molar-refractivity contribution in [2.75, 3.05) is 0 Å².